The van der Waals surface area contributed by atoms with Crippen molar-refractivity contribution in [2.24, 2.45) is 5.92 Å². The summed E-state index contributed by atoms with van der Waals surface area (Å²) in [6.45, 7) is 4.63. The Labute approximate surface area is 97.6 Å². The van der Waals surface area contributed by atoms with Gasteiger partial charge in [0.2, 0.25) is 0 Å². The number of hydrogen-bond donors (Lipinski definition) is 2. The highest BCUT2D eigenvalue weighted by Gasteiger charge is 2.11. The zero-order valence-corrected chi connectivity index (χ0v) is 10.3. The summed E-state index contributed by atoms with van der Waals surface area (Å²) in [6.07, 6.45) is 0. The Morgan fingerprint density at radius 1 is 1.53 bits per heavy atom. The largest absolute Gasteiger partial charge is 0.507 e. The minimum absolute atomic E-state index is 0.000504. The minimum atomic E-state index is -0.248. The third-order valence-corrected chi connectivity index (χ3v) is 2.37. The van der Waals surface area contributed by atoms with E-state index in [1.807, 2.05) is 13.8 Å². The highest BCUT2D eigenvalue weighted by Crippen LogP contribution is 2.21. The predicted octanol–water partition coefficient (Wildman–Crippen LogP) is 2.54. The first-order valence-corrected chi connectivity index (χ1v) is 5.56. The molecular formula is C11H14BrNO2. The fourth-order valence-corrected chi connectivity index (χ4v) is 1.44. The van der Waals surface area contributed by atoms with Crippen LogP contribution in [0, 0.1) is 5.92 Å². The van der Waals surface area contributed by atoms with Gasteiger partial charge in [0.15, 0.2) is 0 Å². The van der Waals surface area contributed by atoms with Gasteiger partial charge in [0.25, 0.3) is 5.91 Å². The van der Waals surface area contributed by atoms with Crippen LogP contribution < -0.4 is 5.32 Å². The number of phenolic OH excluding ortho intramolecular Hbond substituents is 1. The summed E-state index contributed by atoms with van der Waals surface area (Å²) in [5.74, 6) is 0.144. The Morgan fingerprint density at radius 2 is 2.20 bits per heavy atom. The minimum Gasteiger partial charge on any atom is -0.507 e. The molecule has 0 aromatic heterocycles. The number of phenols is 1. The molecule has 15 heavy (non-hydrogen) atoms. The van der Waals surface area contributed by atoms with E-state index in [1.54, 1.807) is 12.1 Å². The van der Waals surface area contributed by atoms with Gasteiger partial charge in [-0.1, -0.05) is 29.8 Å². The Kier molecular flexibility index (Phi) is 4.15. The second-order valence-corrected chi connectivity index (χ2v) is 4.68. The van der Waals surface area contributed by atoms with Crippen LogP contribution in [0.2, 0.25) is 0 Å². The van der Waals surface area contributed by atoms with Crippen LogP contribution in [0.4, 0.5) is 0 Å². The average Bonchev–Trinajstić information content (AvgIpc) is 2.18. The monoisotopic (exact) mass is 271 g/mol. The van der Waals surface area contributed by atoms with E-state index < -0.39 is 0 Å². The van der Waals surface area contributed by atoms with Gasteiger partial charge >= 0.3 is 0 Å². The Morgan fingerprint density at radius 3 is 2.80 bits per heavy atom. The van der Waals surface area contributed by atoms with Crippen molar-refractivity contribution in [3.63, 3.8) is 0 Å². The molecule has 2 N–H and O–H groups in total. The fraction of sp³-hybridized carbons (Fsp3) is 0.364. The normalized spacial score (nSPS) is 10.4. The van der Waals surface area contributed by atoms with Gasteiger partial charge in [-0.2, -0.15) is 0 Å². The molecule has 1 rings (SSSR count). The molecule has 0 heterocycles. The molecule has 3 nitrogen and oxygen atoms in total. The Balaban J connectivity index is 2.77. The molecule has 0 fully saturated rings. The van der Waals surface area contributed by atoms with Crippen LogP contribution in [0.1, 0.15) is 24.2 Å². The summed E-state index contributed by atoms with van der Waals surface area (Å²) in [5.41, 5.74) is 0.296. The number of hydrogen-bond acceptors (Lipinski definition) is 2. The molecule has 0 saturated heterocycles. The lowest BCUT2D eigenvalue weighted by Gasteiger charge is -2.08. The van der Waals surface area contributed by atoms with Gasteiger partial charge in [0.05, 0.1) is 5.56 Å². The second-order valence-electron chi connectivity index (χ2n) is 3.77. The van der Waals surface area contributed by atoms with Crippen LogP contribution in [-0.4, -0.2) is 17.6 Å². The molecule has 0 aliphatic rings. The smallest absolute Gasteiger partial charge is 0.255 e. The number of nitrogens with one attached hydrogen (secondary N) is 1. The zero-order chi connectivity index (χ0) is 11.4. The summed E-state index contributed by atoms with van der Waals surface area (Å²) < 4.78 is 0.773. The fourth-order valence-electron chi connectivity index (χ4n) is 1.08. The van der Waals surface area contributed by atoms with Crippen molar-refractivity contribution < 1.29 is 9.90 Å². The van der Waals surface area contributed by atoms with Crippen molar-refractivity contribution in [1.29, 1.82) is 0 Å². The maximum atomic E-state index is 11.6. The molecule has 0 atom stereocenters. The second kappa shape index (κ2) is 5.16. The number of halogens is 1. The first-order chi connectivity index (χ1) is 7.00. The summed E-state index contributed by atoms with van der Waals surface area (Å²) in [7, 11) is 0. The average molecular weight is 272 g/mol. The molecule has 0 aliphatic carbocycles. The molecular weight excluding hydrogens is 258 g/mol. The first-order valence-electron chi connectivity index (χ1n) is 4.77. The SMILES string of the molecule is CC(C)CNC(=O)c1cc(Br)ccc1O. The Hall–Kier alpha value is -1.03. The van der Waals surface area contributed by atoms with E-state index >= 15 is 0 Å². The third-order valence-electron chi connectivity index (χ3n) is 1.87. The molecule has 82 valence electrons. The maximum absolute atomic E-state index is 11.6. The number of carbonyl (C=O) groups is 1. The number of aromatic hydroxyl groups is 1. The number of benzene rings is 1. The molecule has 0 bridgehead atoms. The van der Waals surface area contributed by atoms with E-state index in [1.165, 1.54) is 6.07 Å². The maximum Gasteiger partial charge on any atom is 0.255 e. The van der Waals surface area contributed by atoms with Crippen molar-refractivity contribution in [3.05, 3.63) is 28.2 Å². The molecule has 0 saturated carbocycles. The van der Waals surface area contributed by atoms with Gasteiger partial charge in [-0.3, -0.25) is 4.79 Å². The molecule has 0 unspecified atom stereocenters. The van der Waals surface area contributed by atoms with Crippen LogP contribution in [0.3, 0.4) is 0 Å². The van der Waals surface area contributed by atoms with Crippen molar-refractivity contribution in [1.82, 2.24) is 5.32 Å². The van der Waals surface area contributed by atoms with Gasteiger partial charge in [-0.15, -0.1) is 0 Å². The third kappa shape index (κ3) is 3.55. The molecule has 1 aromatic rings. The lowest BCUT2D eigenvalue weighted by Crippen LogP contribution is -2.27. The van der Waals surface area contributed by atoms with E-state index in [-0.39, 0.29) is 11.7 Å². The van der Waals surface area contributed by atoms with Crippen LogP contribution in [0.25, 0.3) is 0 Å². The quantitative estimate of drug-likeness (QED) is 0.888. The highest BCUT2D eigenvalue weighted by molar-refractivity contribution is 9.10. The van der Waals surface area contributed by atoms with E-state index in [0.717, 1.165) is 4.47 Å². The summed E-state index contributed by atoms with van der Waals surface area (Å²) in [4.78, 5) is 11.6. The lowest BCUT2D eigenvalue weighted by molar-refractivity contribution is 0.0946. The van der Waals surface area contributed by atoms with Crippen LogP contribution in [0.5, 0.6) is 5.75 Å². The molecule has 4 heteroatoms. The van der Waals surface area contributed by atoms with Crippen LogP contribution in [0.15, 0.2) is 22.7 Å². The van der Waals surface area contributed by atoms with Crippen molar-refractivity contribution in [3.8, 4) is 5.75 Å². The van der Waals surface area contributed by atoms with E-state index in [2.05, 4.69) is 21.2 Å². The molecule has 0 spiro atoms. The summed E-state index contributed by atoms with van der Waals surface area (Å²) in [5, 5.41) is 12.2. The number of carbonyl (C=O) groups excluding carboxylic acids is 1. The summed E-state index contributed by atoms with van der Waals surface area (Å²) in [6, 6.07) is 4.79. The topological polar surface area (TPSA) is 49.3 Å². The van der Waals surface area contributed by atoms with Gasteiger partial charge < -0.3 is 10.4 Å². The molecule has 1 aromatic carbocycles. The number of rotatable bonds is 3. The molecule has 0 aliphatic heterocycles. The van der Waals surface area contributed by atoms with Crippen LogP contribution >= 0.6 is 15.9 Å². The van der Waals surface area contributed by atoms with Gasteiger partial charge in [-0.25, -0.2) is 0 Å². The van der Waals surface area contributed by atoms with Gasteiger partial charge in [-0.05, 0) is 24.1 Å². The van der Waals surface area contributed by atoms with Crippen molar-refractivity contribution in [2.75, 3.05) is 6.54 Å². The summed E-state index contributed by atoms with van der Waals surface area (Å²) >= 11 is 3.25. The van der Waals surface area contributed by atoms with E-state index in [9.17, 15) is 9.90 Å². The van der Waals surface area contributed by atoms with Gasteiger partial charge in [0.1, 0.15) is 5.75 Å². The predicted molar refractivity (Wildman–Crippen MR) is 63.0 cm³/mol. The molecule has 1 amide bonds. The zero-order valence-electron chi connectivity index (χ0n) is 8.75. The van der Waals surface area contributed by atoms with Crippen LogP contribution in [-0.2, 0) is 0 Å². The van der Waals surface area contributed by atoms with Crippen molar-refractivity contribution in [2.45, 2.75) is 13.8 Å². The van der Waals surface area contributed by atoms with E-state index in [4.69, 9.17) is 0 Å². The van der Waals surface area contributed by atoms with Gasteiger partial charge in [0, 0.05) is 11.0 Å². The van der Waals surface area contributed by atoms with Crippen molar-refractivity contribution >= 4 is 21.8 Å². The first kappa shape index (κ1) is 12.0. The standard InChI is InChI=1S/C11H14BrNO2/c1-7(2)6-13-11(15)9-5-8(12)3-4-10(9)14/h3-5,7,14H,6H2,1-2H3,(H,13,15). The molecule has 0 radical (unpaired) electrons. The van der Waals surface area contributed by atoms with E-state index in [0.29, 0.717) is 18.0 Å². The lowest BCUT2D eigenvalue weighted by atomic mass is 10.1. The highest BCUT2D eigenvalue weighted by atomic mass is 79.9. The number of amides is 1. The Bertz CT molecular complexity index is 364.